The first-order valence-corrected chi connectivity index (χ1v) is 10.6. The molecule has 0 aliphatic carbocycles. The molecule has 0 aliphatic heterocycles. The third-order valence-corrected chi connectivity index (χ3v) is 5.08. The average Bonchev–Trinajstić information content (AvgIpc) is 2.81. The SMILES string of the molecule is CC(C)(c1ccc(OCC(O)CO)cc1)c1ccc(OCC(O)COCC(O)CO)cc1.[Ac].[Ac].[Ac].[Ac].[Ac]. The molecule has 5 N–H and O–H groups in total. The van der Waals surface area contributed by atoms with Gasteiger partial charge >= 0.3 is 0 Å². The molecule has 2 aromatic rings. The molecule has 0 aliphatic rings. The molecule has 3 unspecified atom stereocenters. The van der Waals surface area contributed by atoms with Crippen molar-refractivity contribution >= 4 is 0 Å². The molecule has 2 rings (SSSR count). The van der Waals surface area contributed by atoms with Gasteiger partial charge < -0.3 is 39.7 Å². The Kier molecular flexibility index (Phi) is 36.1. The predicted octanol–water partition coefficient (Wildman–Crippen LogP) is 0.854. The molecular formula is C24H34Ac5O8. The number of hydrogen-bond acceptors (Lipinski definition) is 8. The summed E-state index contributed by atoms with van der Waals surface area (Å²) in [5, 5.41) is 46.1. The normalized spacial score (nSPS) is 12.6. The van der Waals surface area contributed by atoms with Gasteiger partial charge in [0.25, 0.3) is 0 Å². The van der Waals surface area contributed by atoms with Gasteiger partial charge in [0.1, 0.15) is 43.0 Å². The molecule has 0 saturated carbocycles. The van der Waals surface area contributed by atoms with Gasteiger partial charge in [0.05, 0.1) is 26.4 Å². The second kappa shape index (κ2) is 27.3. The molecule has 0 bridgehead atoms. The van der Waals surface area contributed by atoms with Crippen LogP contribution < -0.4 is 9.47 Å². The van der Waals surface area contributed by atoms with E-state index in [0.717, 1.165) is 11.1 Å². The van der Waals surface area contributed by atoms with E-state index in [-0.39, 0.29) is 265 Å². The van der Waals surface area contributed by atoms with Crippen LogP contribution in [0.1, 0.15) is 25.0 Å². The van der Waals surface area contributed by atoms with Gasteiger partial charge in [-0.2, -0.15) is 0 Å². The Labute approximate surface area is 398 Å². The van der Waals surface area contributed by atoms with Crippen molar-refractivity contribution in [2.75, 3.05) is 39.6 Å². The zero-order valence-corrected chi connectivity index (χ0v) is 45.2. The van der Waals surface area contributed by atoms with Crippen LogP contribution in [0.4, 0.5) is 0 Å². The standard InChI is InChI=1S/C24H34O8.5Ac/c1-24(2,17-3-7-22(8-4-17)31-15-20(28)12-26)18-5-9-23(10-6-18)32-16-21(29)14-30-13-19(27)11-25;;;;;/h3-10,19-21,25-29H,11-16H2,1-2H3;;;;;. The maximum Gasteiger partial charge on any atom is 0.119 e. The van der Waals surface area contributed by atoms with Gasteiger partial charge in [-0.15, -0.1) is 0 Å². The molecule has 3 atom stereocenters. The summed E-state index contributed by atoms with van der Waals surface area (Å²) in [7, 11) is 0. The molecule has 0 heterocycles. The minimum atomic E-state index is -0.957. The molecule has 5 radical (unpaired) electrons. The van der Waals surface area contributed by atoms with Crippen LogP contribution in [0.15, 0.2) is 48.5 Å². The Morgan fingerprint density at radius 1 is 0.568 bits per heavy atom. The molecule has 0 fully saturated rings. The first-order chi connectivity index (χ1) is 15.3. The molecule has 0 aromatic heterocycles. The Balaban J connectivity index is -0.00000109. The van der Waals surface area contributed by atoms with Crippen molar-refractivity contribution in [1.29, 1.82) is 0 Å². The Hall–Kier alpha value is 5.01. The van der Waals surface area contributed by atoms with E-state index < -0.39 is 18.3 Å². The fourth-order valence-corrected chi connectivity index (χ4v) is 2.98. The summed E-state index contributed by atoms with van der Waals surface area (Å²) < 4.78 is 16.2. The molecule has 0 amide bonds. The van der Waals surface area contributed by atoms with Crippen molar-refractivity contribution in [1.82, 2.24) is 0 Å². The van der Waals surface area contributed by atoms with E-state index >= 15 is 0 Å². The Bertz CT molecular complexity index is 797. The molecule has 0 saturated heterocycles. The summed E-state index contributed by atoms with van der Waals surface area (Å²) in [5.74, 6) is 1.24. The number of aliphatic hydroxyl groups is 5. The smallest absolute Gasteiger partial charge is 0.119 e. The van der Waals surface area contributed by atoms with Crippen LogP contribution in [0.25, 0.3) is 0 Å². The first-order valence-electron chi connectivity index (χ1n) is 10.6. The van der Waals surface area contributed by atoms with E-state index in [1.54, 1.807) is 0 Å². The summed E-state index contributed by atoms with van der Waals surface area (Å²) in [5.41, 5.74) is 1.89. The summed E-state index contributed by atoms with van der Waals surface area (Å²) in [6.45, 7) is 3.52. The third-order valence-electron chi connectivity index (χ3n) is 5.08. The van der Waals surface area contributed by atoms with Crippen molar-refractivity contribution in [2.24, 2.45) is 0 Å². The van der Waals surface area contributed by atoms with Gasteiger partial charge in [0.15, 0.2) is 0 Å². The summed E-state index contributed by atoms with van der Waals surface area (Å²) in [6, 6.07) is 15.2. The number of hydrogen-bond donors (Lipinski definition) is 5. The van der Waals surface area contributed by atoms with E-state index in [4.69, 9.17) is 24.4 Å². The summed E-state index contributed by atoms with van der Waals surface area (Å²) >= 11 is 0. The monoisotopic (exact) mass is 1590 g/mol. The van der Waals surface area contributed by atoms with Gasteiger partial charge in [0, 0.05) is 226 Å². The summed E-state index contributed by atoms with van der Waals surface area (Å²) in [4.78, 5) is 0. The molecule has 13 heteroatoms. The van der Waals surface area contributed by atoms with E-state index in [1.807, 2.05) is 48.5 Å². The largest absolute Gasteiger partial charge is 0.491 e. The van der Waals surface area contributed by atoms with Crippen molar-refractivity contribution in [3.8, 4) is 11.5 Å². The van der Waals surface area contributed by atoms with E-state index in [9.17, 15) is 15.3 Å². The van der Waals surface area contributed by atoms with Crippen LogP contribution in [0, 0.1) is 220 Å². The van der Waals surface area contributed by atoms with Gasteiger partial charge in [0.2, 0.25) is 0 Å². The van der Waals surface area contributed by atoms with Crippen molar-refractivity contribution < 1.29 is 260 Å². The Morgan fingerprint density at radius 3 is 1.27 bits per heavy atom. The van der Waals surface area contributed by atoms with E-state index in [0.29, 0.717) is 11.5 Å². The average molecular weight is 1590 g/mol. The maximum atomic E-state index is 9.90. The van der Waals surface area contributed by atoms with Crippen LogP contribution in [0.2, 0.25) is 0 Å². The minimum Gasteiger partial charge on any atom is -0.491 e. The van der Waals surface area contributed by atoms with Crippen LogP contribution in [0.3, 0.4) is 0 Å². The predicted molar refractivity (Wildman–Crippen MR) is 119 cm³/mol. The molecule has 8 nitrogen and oxygen atoms in total. The molecule has 193 valence electrons. The summed E-state index contributed by atoms with van der Waals surface area (Å²) in [6.07, 6.45) is -2.71. The zero-order valence-electron chi connectivity index (χ0n) is 21.4. The van der Waals surface area contributed by atoms with Gasteiger partial charge in [-0.05, 0) is 35.4 Å². The van der Waals surface area contributed by atoms with Crippen molar-refractivity contribution in [3.63, 3.8) is 0 Å². The van der Waals surface area contributed by atoms with Crippen LogP contribution in [-0.2, 0) is 10.2 Å². The third kappa shape index (κ3) is 19.2. The van der Waals surface area contributed by atoms with Crippen LogP contribution in [0.5, 0.6) is 11.5 Å². The first kappa shape index (κ1) is 48.9. The van der Waals surface area contributed by atoms with Crippen molar-refractivity contribution in [3.05, 3.63) is 59.7 Å². The quantitative estimate of drug-likeness (QED) is 0.189. The van der Waals surface area contributed by atoms with Crippen molar-refractivity contribution in [2.45, 2.75) is 37.6 Å². The van der Waals surface area contributed by atoms with Gasteiger partial charge in [-0.25, -0.2) is 0 Å². The van der Waals surface area contributed by atoms with E-state index in [1.165, 1.54) is 0 Å². The van der Waals surface area contributed by atoms with Gasteiger partial charge in [-0.1, -0.05) is 38.1 Å². The minimum absolute atomic E-state index is 0. The van der Waals surface area contributed by atoms with Crippen LogP contribution >= 0.6 is 0 Å². The second-order valence-electron chi connectivity index (χ2n) is 8.16. The fraction of sp³-hybridized carbons (Fsp3) is 0.500. The number of benzene rings is 2. The molecular weight excluding hydrogens is 1550 g/mol. The molecule has 0 spiro atoms. The number of aliphatic hydroxyl groups excluding tert-OH is 5. The van der Waals surface area contributed by atoms with E-state index in [2.05, 4.69) is 13.8 Å². The number of rotatable bonds is 14. The Morgan fingerprint density at radius 2 is 0.892 bits per heavy atom. The second-order valence-corrected chi connectivity index (χ2v) is 8.16. The topological polar surface area (TPSA) is 129 Å². The molecule has 2 aromatic carbocycles. The van der Waals surface area contributed by atoms with Gasteiger partial charge in [-0.3, -0.25) is 0 Å². The molecule has 37 heavy (non-hydrogen) atoms. The fourth-order valence-electron chi connectivity index (χ4n) is 2.98. The zero-order chi connectivity index (χ0) is 23.6. The van der Waals surface area contributed by atoms with Crippen LogP contribution in [-0.4, -0.2) is 83.5 Å². The maximum absolute atomic E-state index is 9.90. The number of ether oxygens (including phenoxy) is 3.